The van der Waals surface area contributed by atoms with Gasteiger partial charge in [-0.1, -0.05) is 6.92 Å². The lowest BCUT2D eigenvalue weighted by atomic mass is 9.79. The van der Waals surface area contributed by atoms with E-state index in [1.165, 1.54) is 6.42 Å². The summed E-state index contributed by atoms with van der Waals surface area (Å²) in [6, 6.07) is 0.584. The van der Waals surface area contributed by atoms with E-state index in [1.54, 1.807) is 11.3 Å². The first kappa shape index (κ1) is 14.0. The molecule has 3 rings (SSSR count). The molecule has 1 fully saturated rings. The van der Waals surface area contributed by atoms with Gasteiger partial charge in [0.05, 0.1) is 11.3 Å². The Morgan fingerprint density at radius 3 is 3.00 bits per heavy atom. The number of imidazole rings is 1. The molecule has 0 unspecified atom stereocenters. The van der Waals surface area contributed by atoms with Crippen molar-refractivity contribution in [1.82, 2.24) is 14.7 Å². The van der Waals surface area contributed by atoms with Gasteiger partial charge in [0, 0.05) is 30.2 Å². The zero-order valence-electron chi connectivity index (χ0n) is 12.0. The van der Waals surface area contributed by atoms with E-state index >= 15 is 0 Å². The van der Waals surface area contributed by atoms with Crippen LogP contribution in [-0.2, 0) is 6.42 Å². The summed E-state index contributed by atoms with van der Waals surface area (Å²) >= 11 is 1.64. The van der Waals surface area contributed by atoms with Gasteiger partial charge in [-0.3, -0.25) is 4.40 Å². The van der Waals surface area contributed by atoms with Crippen molar-refractivity contribution in [3.63, 3.8) is 0 Å². The summed E-state index contributed by atoms with van der Waals surface area (Å²) in [7, 11) is 0. The maximum absolute atomic E-state index is 10.8. The third kappa shape index (κ3) is 3.05. The second-order valence-corrected chi connectivity index (χ2v) is 6.83. The first-order valence-corrected chi connectivity index (χ1v) is 8.43. The van der Waals surface area contributed by atoms with Crippen LogP contribution in [0.15, 0.2) is 17.8 Å². The summed E-state index contributed by atoms with van der Waals surface area (Å²) in [5.41, 5.74) is 0.452. The Hall–Kier alpha value is -0.910. The van der Waals surface area contributed by atoms with E-state index in [-0.39, 0.29) is 0 Å². The standard InChI is InChI=1S/C15H23N3OS/c1-2-7-16-12-3-5-15(19,6-4-12)10-13-11-18-8-9-20-14(18)17-13/h8-9,11-12,16,19H,2-7,10H2,1H3. The summed E-state index contributed by atoms with van der Waals surface area (Å²) in [4.78, 5) is 5.60. The van der Waals surface area contributed by atoms with E-state index in [9.17, 15) is 5.11 Å². The summed E-state index contributed by atoms with van der Waals surface area (Å²) < 4.78 is 2.04. The molecule has 0 bridgehead atoms. The zero-order valence-corrected chi connectivity index (χ0v) is 12.8. The Bertz CT molecular complexity index is 526. The second-order valence-electron chi connectivity index (χ2n) is 5.95. The van der Waals surface area contributed by atoms with Crippen LogP contribution in [-0.4, -0.2) is 32.7 Å². The van der Waals surface area contributed by atoms with Gasteiger partial charge in [0.25, 0.3) is 0 Å². The van der Waals surface area contributed by atoms with Gasteiger partial charge in [-0.15, -0.1) is 11.3 Å². The molecule has 0 saturated heterocycles. The number of fused-ring (bicyclic) bond motifs is 1. The molecule has 0 atom stereocenters. The minimum absolute atomic E-state index is 0.561. The molecule has 0 amide bonds. The molecule has 0 radical (unpaired) electrons. The van der Waals surface area contributed by atoms with Gasteiger partial charge in [-0.2, -0.15) is 0 Å². The fourth-order valence-electron chi connectivity index (χ4n) is 3.08. The van der Waals surface area contributed by atoms with Gasteiger partial charge in [-0.25, -0.2) is 4.98 Å². The number of hydrogen-bond donors (Lipinski definition) is 2. The molecular formula is C15H23N3OS. The van der Waals surface area contributed by atoms with Gasteiger partial charge in [0.2, 0.25) is 0 Å². The molecule has 1 aliphatic rings. The SMILES string of the molecule is CCCNC1CCC(O)(Cc2cn3ccsc3n2)CC1. The minimum atomic E-state index is -0.561. The molecule has 2 aromatic heterocycles. The number of nitrogens with zero attached hydrogens (tertiary/aromatic N) is 2. The van der Waals surface area contributed by atoms with Crippen molar-refractivity contribution in [2.45, 2.75) is 57.1 Å². The largest absolute Gasteiger partial charge is 0.389 e. The molecule has 2 N–H and O–H groups in total. The maximum atomic E-state index is 10.8. The molecule has 1 aliphatic carbocycles. The molecule has 0 aliphatic heterocycles. The average Bonchev–Trinajstić information content (AvgIpc) is 2.99. The number of nitrogens with one attached hydrogen (secondary N) is 1. The van der Waals surface area contributed by atoms with Crippen molar-refractivity contribution in [1.29, 1.82) is 0 Å². The van der Waals surface area contributed by atoms with Crippen LogP contribution in [0.4, 0.5) is 0 Å². The lowest BCUT2D eigenvalue weighted by Gasteiger charge is -2.36. The number of thiazole rings is 1. The Morgan fingerprint density at radius 2 is 2.30 bits per heavy atom. The third-order valence-corrected chi connectivity index (χ3v) is 5.02. The Labute approximate surface area is 123 Å². The zero-order chi connectivity index (χ0) is 14.0. The minimum Gasteiger partial charge on any atom is -0.389 e. The monoisotopic (exact) mass is 293 g/mol. The summed E-state index contributed by atoms with van der Waals surface area (Å²) in [6.07, 6.45) is 9.81. The maximum Gasteiger partial charge on any atom is 0.193 e. The highest BCUT2D eigenvalue weighted by molar-refractivity contribution is 7.15. The fraction of sp³-hybridized carbons (Fsp3) is 0.667. The van der Waals surface area contributed by atoms with Crippen LogP contribution in [0.1, 0.15) is 44.7 Å². The van der Waals surface area contributed by atoms with Gasteiger partial charge < -0.3 is 10.4 Å². The summed E-state index contributed by atoms with van der Waals surface area (Å²) in [5.74, 6) is 0. The quantitative estimate of drug-likeness (QED) is 0.891. The van der Waals surface area contributed by atoms with Crippen molar-refractivity contribution in [2.24, 2.45) is 0 Å². The van der Waals surface area contributed by atoms with Crippen LogP contribution in [0.2, 0.25) is 0 Å². The van der Waals surface area contributed by atoms with E-state index in [0.717, 1.165) is 42.9 Å². The van der Waals surface area contributed by atoms with Crippen LogP contribution in [0.25, 0.3) is 4.96 Å². The van der Waals surface area contributed by atoms with Crippen LogP contribution in [0, 0.1) is 0 Å². The Morgan fingerprint density at radius 1 is 1.50 bits per heavy atom. The molecule has 0 aromatic carbocycles. The molecular weight excluding hydrogens is 270 g/mol. The van der Waals surface area contributed by atoms with Crippen LogP contribution < -0.4 is 5.32 Å². The highest BCUT2D eigenvalue weighted by atomic mass is 32.1. The van der Waals surface area contributed by atoms with Gasteiger partial charge in [0.1, 0.15) is 0 Å². The van der Waals surface area contributed by atoms with E-state index in [4.69, 9.17) is 0 Å². The van der Waals surface area contributed by atoms with E-state index in [2.05, 4.69) is 17.2 Å². The predicted octanol–water partition coefficient (Wildman–Crippen LogP) is 2.61. The van der Waals surface area contributed by atoms with Crippen molar-refractivity contribution in [3.8, 4) is 0 Å². The van der Waals surface area contributed by atoms with Crippen molar-refractivity contribution < 1.29 is 5.11 Å². The Kier molecular flexibility index (Phi) is 4.10. The molecule has 20 heavy (non-hydrogen) atoms. The Balaban J connectivity index is 1.58. The molecule has 1 saturated carbocycles. The third-order valence-electron chi connectivity index (χ3n) is 4.25. The number of rotatable bonds is 5. The first-order valence-electron chi connectivity index (χ1n) is 7.55. The second kappa shape index (κ2) is 5.84. The molecule has 110 valence electrons. The van der Waals surface area contributed by atoms with Crippen LogP contribution >= 0.6 is 11.3 Å². The van der Waals surface area contributed by atoms with Gasteiger partial charge >= 0.3 is 0 Å². The molecule has 2 heterocycles. The normalized spacial score (nSPS) is 27.2. The van der Waals surface area contributed by atoms with E-state index in [0.29, 0.717) is 12.5 Å². The van der Waals surface area contributed by atoms with Crippen LogP contribution in [0.3, 0.4) is 0 Å². The highest BCUT2D eigenvalue weighted by Crippen LogP contribution is 2.31. The molecule has 0 spiro atoms. The van der Waals surface area contributed by atoms with Crippen LogP contribution in [0.5, 0.6) is 0 Å². The average molecular weight is 293 g/mol. The van der Waals surface area contributed by atoms with Gasteiger partial charge in [-0.05, 0) is 38.6 Å². The van der Waals surface area contributed by atoms with Crippen molar-refractivity contribution >= 4 is 16.3 Å². The fourth-order valence-corrected chi connectivity index (χ4v) is 3.80. The number of hydrogen-bond acceptors (Lipinski definition) is 4. The lowest BCUT2D eigenvalue weighted by Crippen LogP contribution is -2.42. The number of aliphatic hydroxyl groups is 1. The summed E-state index contributed by atoms with van der Waals surface area (Å²) in [6.45, 7) is 3.27. The summed E-state index contributed by atoms with van der Waals surface area (Å²) in [5, 5.41) is 16.4. The molecule has 2 aromatic rings. The first-order chi connectivity index (χ1) is 9.68. The van der Waals surface area contributed by atoms with Crippen molar-refractivity contribution in [2.75, 3.05) is 6.54 Å². The van der Waals surface area contributed by atoms with Crippen molar-refractivity contribution in [3.05, 3.63) is 23.5 Å². The number of aromatic nitrogens is 2. The highest BCUT2D eigenvalue weighted by Gasteiger charge is 2.33. The lowest BCUT2D eigenvalue weighted by molar-refractivity contribution is -0.00374. The molecule has 4 nitrogen and oxygen atoms in total. The predicted molar refractivity (Wildman–Crippen MR) is 82.3 cm³/mol. The van der Waals surface area contributed by atoms with E-state index in [1.807, 2.05) is 22.2 Å². The topological polar surface area (TPSA) is 49.6 Å². The molecule has 5 heteroatoms. The van der Waals surface area contributed by atoms with E-state index < -0.39 is 5.60 Å². The smallest absolute Gasteiger partial charge is 0.193 e. The van der Waals surface area contributed by atoms with Gasteiger partial charge in [0.15, 0.2) is 4.96 Å².